The molecule has 1 atom stereocenters. The molecule has 21 heavy (non-hydrogen) atoms. The number of carbonyl (C=O) groups excluding carboxylic acids is 1. The molecule has 1 heterocycles. The van der Waals surface area contributed by atoms with E-state index in [2.05, 4.69) is 0 Å². The molecular weight excluding hydrogens is 278 g/mol. The average Bonchev–Trinajstić information content (AvgIpc) is 2.44. The third-order valence-electron chi connectivity index (χ3n) is 3.07. The summed E-state index contributed by atoms with van der Waals surface area (Å²) in [6.45, 7) is 3.00. The predicted molar refractivity (Wildman–Crippen MR) is 73.6 cm³/mol. The second-order valence-electron chi connectivity index (χ2n) is 4.61. The van der Waals surface area contributed by atoms with Gasteiger partial charge in [0.05, 0.1) is 18.9 Å². The summed E-state index contributed by atoms with van der Waals surface area (Å²) in [6.07, 6.45) is -0.795. The van der Waals surface area contributed by atoms with E-state index >= 15 is 0 Å². The lowest BCUT2D eigenvalue weighted by atomic mass is 10.1. The first-order valence-corrected chi connectivity index (χ1v) is 6.58. The fourth-order valence-corrected chi connectivity index (χ4v) is 2.18. The molecule has 0 radical (unpaired) electrons. The zero-order valence-corrected chi connectivity index (χ0v) is 11.8. The van der Waals surface area contributed by atoms with Crippen molar-refractivity contribution in [2.24, 2.45) is 0 Å². The maximum Gasteiger partial charge on any atom is 0.323 e. The monoisotopic (exact) mass is 295 g/mol. The van der Waals surface area contributed by atoms with Crippen molar-refractivity contribution < 1.29 is 29.3 Å². The molecular formula is C14H17NO6. The minimum atomic E-state index is -1.13. The van der Waals surface area contributed by atoms with E-state index in [-0.39, 0.29) is 6.61 Å². The quantitative estimate of drug-likeness (QED) is 0.833. The number of hydrogen-bond donors (Lipinski definition) is 2. The second kappa shape index (κ2) is 6.01. The van der Waals surface area contributed by atoms with E-state index < -0.39 is 24.5 Å². The molecule has 0 spiro atoms. The van der Waals surface area contributed by atoms with Gasteiger partial charge in [0, 0.05) is 0 Å². The number of benzene rings is 1. The van der Waals surface area contributed by atoms with Crippen LogP contribution in [0.1, 0.15) is 19.4 Å². The van der Waals surface area contributed by atoms with E-state index in [9.17, 15) is 14.7 Å². The van der Waals surface area contributed by atoms with Crippen molar-refractivity contribution in [1.82, 2.24) is 0 Å². The number of carboxylic acid groups (broad SMARTS) is 1. The van der Waals surface area contributed by atoms with Crippen molar-refractivity contribution in [1.29, 1.82) is 0 Å². The summed E-state index contributed by atoms with van der Waals surface area (Å²) >= 11 is 0. The fourth-order valence-electron chi connectivity index (χ4n) is 2.18. The summed E-state index contributed by atoms with van der Waals surface area (Å²) in [5.74, 6) is -0.866. The van der Waals surface area contributed by atoms with Gasteiger partial charge < -0.3 is 19.7 Å². The number of carbonyl (C=O) groups is 2. The molecule has 0 saturated heterocycles. The van der Waals surface area contributed by atoms with Crippen molar-refractivity contribution in [3.05, 3.63) is 17.7 Å². The number of rotatable bonds is 5. The first-order chi connectivity index (χ1) is 9.97. The zero-order valence-electron chi connectivity index (χ0n) is 11.8. The maximum atomic E-state index is 12.1. The first-order valence-electron chi connectivity index (χ1n) is 6.58. The van der Waals surface area contributed by atoms with Gasteiger partial charge in [-0.1, -0.05) is 0 Å². The van der Waals surface area contributed by atoms with Crippen LogP contribution in [0.15, 0.2) is 12.1 Å². The molecule has 114 valence electrons. The molecule has 2 N–H and O–H groups in total. The van der Waals surface area contributed by atoms with Crippen molar-refractivity contribution in [3.8, 4) is 11.5 Å². The molecule has 1 unspecified atom stereocenters. The molecule has 2 rings (SSSR count). The zero-order chi connectivity index (χ0) is 15.6. The van der Waals surface area contributed by atoms with E-state index in [0.29, 0.717) is 29.4 Å². The minimum absolute atomic E-state index is 0.252. The number of nitrogens with zero attached hydrogens (tertiary/aromatic N) is 1. The van der Waals surface area contributed by atoms with Crippen LogP contribution in [0, 0.1) is 0 Å². The molecule has 1 amide bonds. The molecule has 0 fully saturated rings. The molecule has 7 nitrogen and oxygen atoms in total. The van der Waals surface area contributed by atoms with Gasteiger partial charge in [0.15, 0.2) is 17.6 Å². The van der Waals surface area contributed by atoms with E-state index in [1.165, 1.54) is 6.07 Å². The summed E-state index contributed by atoms with van der Waals surface area (Å²) in [5.41, 5.74) is 0.814. The third kappa shape index (κ3) is 2.92. The first kappa shape index (κ1) is 15.1. The summed E-state index contributed by atoms with van der Waals surface area (Å²) in [6, 6.07) is 3.15. The molecule has 1 aromatic carbocycles. The van der Waals surface area contributed by atoms with Gasteiger partial charge in [0.1, 0.15) is 6.54 Å². The van der Waals surface area contributed by atoms with Crippen LogP contribution >= 0.6 is 0 Å². The standard InChI is InChI=1S/C14H17NO6/c1-3-20-11-5-9(7-16)4-10-13(11)21-8(2)14(19)15(10)6-12(17)18/h4-5,8,16H,3,6-7H2,1-2H3,(H,17,18). The van der Waals surface area contributed by atoms with Crippen LogP contribution in [0.2, 0.25) is 0 Å². The summed E-state index contributed by atoms with van der Waals surface area (Å²) in [4.78, 5) is 24.2. The van der Waals surface area contributed by atoms with Crippen molar-refractivity contribution in [2.75, 3.05) is 18.1 Å². The molecule has 0 bridgehead atoms. The van der Waals surface area contributed by atoms with Gasteiger partial charge >= 0.3 is 5.97 Å². The van der Waals surface area contributed by atoms with Gasteiger partial charge in [0.2, 0.25) is 0 Å². The number of aliphatic hydroxyl groups is 1. The van der Waals surface area contributed by atoms with Crippen molar-refractivity contribution in [3.63, 3.8) is 0 Å². The lowest BCUT2D eigenvalue weighted by Crippen LogP contribution is -2.46. The highest BCUT2D eigenvalue weighted by Crippen LogP contribution is 2.43. The number of carboxylic acids is 1. The van der Waals surface area contributed by atoms with E-state index in [1.54, 1.807) is 19.9 Å². The Kier molecular flexibility index (Phi) is 4.32. The van der Waals surface area contributed by atoms with Crippen LogP contribution in [0.25, 0.3) is 0 Å². The van der Waals surface area contributed by atoms with Crippen molar-refractivity contribution in [2.45, 2.75) is 26.6 Å². The minimum Gasteiger partial charge on any atom is -0.490 e. The van der Waals surface area contributed by atoms with Gasteiger partial charge in [-0.25, -0.2) is 0 Å². The van der Waals surface area contributed by atoms with Crippen LogP contribution in [0.4, 0.5) is 5.69 Å². The number of fused-ring (bicyclic) bond motifs is 1. The Morgan fingerprint density at radius 2 is 2.19 bits per heavy atom. The fraction of sp³-hybridized carbons (Fsp3) is 0.429. The number of amides is 1. The predicted octanol–water partition coefficient (Wildman–Crippen LogP) is 0.776. The lowest BCUT2D eigenvalue weighted by Gasteiger charge is -2.33. The summed E-state index contributed by atoms with van der Waals surface area (Å²) in [5, 5.41) is 18.3. The number of ether oxygens (including phenoxy) is 2. The molecule has 0 aliphatic carbocycles. The van der Waals surface area contributed by atoms with Crippen LogP contribution in [0.5, 0.6) is 11.5 Å². The maximum absolute atomic E-state index is 12.1. The molecule has 7 heteroatoms. The molecule has 0 saturated carbocycles. The molecule has 1 aromatic rings. The molecule has 1 aliphatic rings. The molecule has 0 aromatic heterocycles. The van der Waals surface area contributed by atoms with Gasteiger partial charge in [-0.05, 0) is 31.5 Å². The Bertz CT molecular complexity index is 571. The van der Waals surface area contributed by atoms with Gasteiger partial charge in [-0.2, -0.15) is 0 Å². The van der Waals surface area contributed by atoms with Gasteiger partial charge in [-0.15, -0.1) is 0 Å². The van der Waals surface area contributed by atoms with Crippen LogP contribution < -0.4 is 14.4 Å². The SMILES string of the molecule is CCOc1cc(CO)cc2c1OC(C)C(=O)N2CC(=O)O. The largest absolute Gasteiger partial charge is 0.490 e. The van der Waals surface area contributed by atoms with E-state index in [1.807, 2.05) is 0 Å². The number of aliphatic carboxylic acids is 1. The van der Waals surface area contributed by atoms with E-state index in [0.717, 1.165) is 4.90 Å². The summed E-state index contributed by atoms with van der Waals surface area (Å²) in [7, 11) is 0. The number of aliphatic hydroxyl groups excluding tert-OH is 1. The number of anilines is 1. The Balaban J connectivity index is 2.56. The van der Waals surface area contributed by atoms with Crippen molar-refractivity contribution >= 4 is 17.6 Å². The number of hydrogen-bond acceptors (Lipinski definition) is 5. The molecule has 1 aliphatic heterocycles. The highest BCUT2D eigenvalue weighted by atomic mass is 16.5. The highest BCUT2D eigenvalue weighted by Gasteiger charge is 2.35. The second-order valence-corrected chi connectivity index (χ2v) is 4.61. The highest BCUT2D eigenvalue weighted by molar-refractivity contribution is 6.03. The topological polar surface area (TPSA) is 96.3 Å². The normalized spacial score (nSPS) is 17.2. The van der Waals surface area contributed by atoms with Crippen LogP contribution in [0.3, 0.4) is 0 Å². The Morgan fingerprint density at radius 3 is 2.76 bits per heavy atom. The average molecular weight is 295 g/mol. The van der Waals surface area contributed by atoms with Crippen LogP contribution in [-0.4, -0.2) is 41.3 Å². The van der Waals surface area contributed by atoms with E-state index in [4.69, 9.17) is 14.6 Å². The summed E-state index contributed by atoms with van der Waals surface area (Å²) < 4.78 is 11.0. The Labute approximate surface area is 121 Å². The smallest absolute Gasteiger partial charge is 0.323 e. The Hall–Kier alpha value is -2.28. The lowest BCUT2D eigenvalue weighted by molar-refractivity contribution is -0.137. The van der Waals surface area contributed by atoms with Gasteiger partial charge in [0.25, 0.3) is 5.91 Å². The van der Waals surface area contributed by atoms with Gasteiger partial charge in [-0.3, -0.25) is 14.5 Å². The third-order valence-corrected chi connectivity index (χ3v) is 3.07. The van der Waals surface area contributed by atoms with Crippen LogP contribution in [-0.2, 0) is 16.2 Å². The Morgan fingerprint density at radius 1 is 1.48 bits per heavy atom.